The van der Waals surface area contributed by atoms with E-state index in [-0.39, 0.29) is 12.1 Å². The van der Waals surface area contributed by atoms with Gasteiger partial charge in [-0.1, -0.05) is 13.0 Å². The Kier molecular flexibility index (Phi) is 4.02. The number of nitrogens with one attached hydrogen (secondary N) is 1. The van der Waals surface area contributed by atoms with Gasteiger partial charge in [-0.25, -0.2) is 0 Å². The van der Waals surface area contributed by atoms with E-state index >= 15 is 0 Å². The van der Waals surface area contributed by atoms with E-state index in [4.69, 9.17) is 0 Å². The standard InChI is InChI=1S/C14H21NO2/c1-2-11(16)9-15-14-5-3-4-10-6-7-12(17)8-13(10)14/h6-8,11,14-17H,2-5,9H2,1H3. The fraction of sp³-hybridized carbons (Fsp3) is 0.571. The van der Waals surface area contributed by atoms with Crippen molar-refractivity contribution in [3.05, 3.63) is 29.3 Å². The van der Waals surface area contributed by atoms with Crippen LogP contribution in [0, 0.1) is 0 Å². The summed E-state index contributed by atoms with van der Waals surface area (Å²) in [5.41, 5.74) is 2.51. The van der Waals surface area contributed by atoms with Gasteiger partial charge in [0.15, 0.2) is 0 Å². The lowest BCUT2D eigenvalue weighted by Crippen LogP contribution is -2.32. The average molecular weight is 235 g/mol. The summed E-state index contributed by atoms with van der Waals surface area (Å²) in [5, 5.41) is 22.5. The minimum atomic E-state index is -0.280. The van der Waals surface area contributed by atoms with Crippen molar-refractivity contribution in [2.45, 2.75) is 44.8 Å². The Balaban J connectivity index is 2.08. The number of hydrogen-bond acceptors (Lipinski definition) is 3. The van der Waals surface area contributed by atoms with E-state index in [1.165, 1.54) is 11.1 Å². The summed E-state index contributed by atoms with van der Waals surface area (Å²) < 4.78 is 0. The lowest BCUT2D eigenvalue weighted by Gasteiger charge is -2.27. The first-order valence-electron chi connectivity index (χ1n) is 6.44. The van der Waals surface area contributed by atoms with E-state index in [9.17, 15) is 10.2 Å². The predicted octanol–water partition coefficient (Wildman–Crippen LogP) is 2.13. The smallest absolute Gasteiger partial charge is 0.115 e. The summed E-state index contributed by atoms with van der Waals surface area (Å²) in [4.78, 5) is 0. The molecule has 0 fully saturated rings. The second-order valence-corrected chi connectivity index (χ2v) is 4.80. The number of rotatable bonds is 4. The number of aliphatic hydroxyl groups excluding tert-OH is 1. The van der Waals surface area contributed by atoms with Gasteiger partial charge in [-0.05, 0) is 48.9 Å². The van der Waals surface area contributed by atoms with Crippen molar-refractivity contribution in [3.63, 3.8) is 0 Å². The zero-order valence-electron chi connectivity index (χ0n) is 10.3. The zero-order valence-corrected chi connectivity index (χ0v) is 10.3. The van der Waals surface area contributed by atoms with Crippen LogP contribution in [0.4, 0.5) is 0 Å². The number of phenolic OH excluding ortho intramolecular Hbond substituents is 1. The predicted molar refractivity (Wildman–Crippen MR) is 68.1 cm³/mol. The van der Waals surface area contributed by atoms with Crippen LogP contribution in [0.2, 0.25) is 0 Å². The molecule has 0 amide bonds. The number of aromatic hydroxyl groups is 1. The van der Waals surface area contributed by atoms with E-state index in [0.717, 1.165) is 25.7 Å². The topological polar surface area (TPSA) is 52.5 Å². The minimum Gasteiger partial charge on any atom is -0.508 e. The lowest BCUT2D eigenvalue weighted by atomic mass is 9.87. The fourth-order valence-electron chi connectivity index (χ4n) is 2.42. The van der Waals surface area contributed by atoms with Crippen LogP contribution in [0.3, 0.4) is 0 Å². The molecule has 0 aliphatic heterocycles. The van der Waals surface area contributed by atoms with Gasteiger partial charge >= 0.3 is 0 Å². The molecule has 1 aromatic carbocycles. The summed E-state index contributed by atoms with van der Waals surface area (Å²) in [7, 11) is 0. The van der Waals surface area contributed by atoms with Gasteiger partial charge in [0.25, 0.3) is 0 Å². The maximum Gasteiger partial charge on any atom is 0.115 e. The minimum absolute atomic E-state index is 0.270. The molecule has 3 N–H and O–H groups in total. The van der Waals surface area contributed by atoms with Gasteiger partial charge in [-0.3, -0.25) is 0 Å². The highest BCUT2D eigenvalue weighted by Crippen LogP contribution is 2.31. The number of benzene rings is 1. The molecule has 0 saturated carbocycles. The molecule has 1 aliphatic carbocycles. The number of aryl methyl sites for hydroxylation is 1. The van der Waals surface area contributed by atoms with Gasteiger partial charge in [0.1, 0.15) is 5.75 Å². The Bertz CT molecular complexity index is 378. The van der Waals surface area contributed by atoms with Crippen molar-refractivity contribution in [3.8, 4) is 5.75 Å². The highest BCUT2D eigenvalue weighted by Gasteiger charge is 2.20. The van der Waals surface area contributed by atoms with Crippen molar-refractivity contribution in [2.75, 3.05) is 6.54 Å². The Labute approximate surface area is 102 Å². The fourth-order valence-corrected chi connectivity index (χ4v) is 2.42. The monoisotopic (exact) mass is 235 g/mol. The summed E-state index contributed by atoms with van der Waals surface area (Å²) in [6, 6.07) is 5.88. The van der Waals surface area contributed by atoms with Crippen molar-refractivity contribution >= 4 is 0 Å². The molecule has 94 valence electrons. The van der Waals surface area contributed by atoms with Gasteiger partial charge < -0.3 is 15.5 Å². The van der Waals surface area contributed by atoms with E-state index < -0.39 is 0 Å². The molecule has 0 heterocycles. The highest BCUT2D eigenvalue weighted by molar-refractivity contribution is 5.38. The summed E-state index contributed by atoms with van der Waals surface area (Å²) in [5.74, 6) is 0.327. The van der Waals surface area contributed by atoms with Crippen molar-refractivity contribution in [1.29, 1.82) is 0 Å². The largest absolute Gasteiger partial charge is 0.508 e. The number of aliphatic hydroxyl groups is 1. The molecule has 17 heavy (non-hydrogen) atoms. The number of hydrogen-bond donors (Lipinski definition) is 3. The summed E-state index contributed by atoms with van der Waals surface area (Å²) >= 11 is 0. The van der Waals surface area contributed by atoms with Crippen LogP contribution in [0.15, 0.2) is 18.2 Å². The van der Waals surface area contributed by atoms with E-state index in [2.05, 4.69) is 5.32 Å². The molecule has 0 spiro atoms. The molecular weight excluding hydrogens is 214 g/mol. The zero-order chi connectivity index (χ0) is 12.3. The third-order valence-corrected chi connectivity index (χ3v) is 3.51. The van der Waals surface area contributed by atoms with Gasteiger partial charge in [0.2, 0.25) is 0 Å². The summed E-state index contributed by atoms with van der Waals surface area (Å²) in [6.07, 6.45) is 3.82. The Morgan fingerprint density at radius 1 is 1.47 bits per heavy atom. The first kappa shape index (κ1) is 12.4. The summed E-state index contributed by atoms with van der Waals surface area (Å²) in [6.45, 7) is 2.60. The second-order valence-electron chi connectivity index (χ2n) is 4.80. The van der Waals surface area contributed by atoms with Crippen LogP contribution in [-0.2, 0) is 6.42 Å². The molecule has 3 nitrogen and oxygen atoms in total. The molecule has 0 bridgehead atoms. The van der Waals surface area contributed by atoms with Crippen LogP contribution >= 0.6 is 0 Å². The Morgan fingerprint density at radius 3 is 3.06 bits per heavy atom. The molecule has 2 atom stereocenters. The van der Waals surface area contributed by atoms with Gasteiger partial charge in [-0.15, -0.1) is 0 Å². The highest BCUT2D eigenvalue weighted by atomic mass is 16.3. The van der Waals surface area contributed by atoms with Gasteiger partial charge in [0.05, 0.1) is 6.10 Å². The van der Waals surface area contributed by atoms with Crippen LogP contribution in [0.5, 0.6) is 5.75 Å². The van der Waals surface area contributed by atoms with Crippen LogP contribution in [0.1, 0.15) is 43.4 Å². The van der Waals surface area contributed by atoms with Gasteiger partial charge in [-0.2, -0.15) is 0 Å². The van der Waals surface area contributed by atoms with Crippen LogP contribution in [0.25, 0.3) is 0 Å². The van der Waals surface area contributed by atoms with Crippen molar-refractivity contribution in [2.24, 2.45) is 0 Å². The molecule has 2 unspecified atom stereocenters. The second kappa shape index (κ2) is 5.52. The molecule has 0 aromatic heterocycles. The quantitative estimate of drug-likeness (QED) is 0.749. The van der Waals surface area contributed by atoms with Crippen LogP contribution < -0.4 is 5.32 Å². The molecular formula is C14H21NO2. The molecule has 1 aromatic rings. The van der Waals surface area contributed by atoms with Gasteiger partial charge in [0, 0.05) is 12.6 Å². The number of phenols is 1. The first-order valence-corrected chi connectivity index (χ1v) is 6.44. The Hall–Kier alpha value is -1.06. The molecule has 2 rings (SSSR count). The van der Waals surface area contributed by atoms with Crippen molar-refractivity contribution in [1.82, 2.24) is 5.32 Å². The van der Waals surface area contributed by atoms with E-state index in [1.54, 1.807) is 6.07 Å². The van der Waals surface area contributed by atoms with Crippen molar-refractivity contribution < 1.29 is 10.2 Å². The SMILES string of the molecule is CCC(O)CNC1CCCc2ccc(O)cc21. The maximum absolute atomic E-state index is 9.58. The van der Waals surface area contributed by atoms with Crippen LogP contribution in [-0.4, -0.2) is 22.9 Å². The molecule has 3 heteroatoms. The Morgan fingerprint density at radius 2 is 2.29 bits per heavy atom. The number of fused-ring (bicyclic) bond motifs is 1. The molecule has 0 saturated heterocycles. The average Bonchev–Trinajstić information content (AvgIpc) is 2.35. The molecule has 0 radical (unpaired) electrons. The lowest BCUT2D eigenvalue weighted by molar-refractivity contribution is 0.161. The third-order valence-electron chi connectivity index (χ3n) is 3.51. The van der Waals surface area contributed by atoms with E-state index in [0.29, 0.717) is 12.3 Å². The maximum atomic E-state index is 9.58. The third kappa shape index (κ3) is 2.99. The normalized spacial score (nSPS) is 20.9. The first-order chi connectivity index (χ1) is 8.20. The van der Waals surface area contributed by atoms with E-state index in [1.807, 2.05) is 19.1 Å². The molecule has 1 aliphatic rings.